The lowest BCUT2D eigenvalue weighted by Gasteiger charge is -2.13. The van der Waals surface area contributed by atoms with E-state index in [1.165, 1.54) is 57.8 Å². The molecule has 4 heteroatoms. The van der Waals surface area contributed by atoms with Crippen LogP contribution < -0.4 is 0 Å². The van der Waals surface area contributed by atoms with Crippen molar-refractivity contribution in [1.82, 2.24) is 0 Å². The largest absolute Gasteiger partial charge is 0.466 e. The van der Waals surface area contributed by atoms with Crippen molar-refractivity contribution in [3.05, 3.63) is 0 Å². The molecule has 0 aromatic rings. The second-order valence-electron chi connectivity index (χ2n) is 8.27. The summed E-state index contributed by atoms with van der Waals surface area (Å²) in [6.45, 7) is 7.25. The first-order valence-electron chi connectivity index (χ1n) is 12.5. The number of carbonyl (C=O) groups is 2. The molecule has 0 bridgehead atoms. The van der Waals surface area contributed by atoms with E-state index in [1.54, 1.807) is 0 Å². The Balaban J connectivity index is 3.33. The molecule has 0 aliphatic rings. The van der Waals surface area contributed by atoms with Crippen LogP contribution in [-0.4, -0.2) is 25.2 Å². The van der Waals surface area contributed by atoms with Crippen LogP contribution in [0.1, 0.15) is 130 Å². The maximum Gasteiger partial charge on any atom is 0.308 e. The minimum Gasteiger partial charge on any atom is -0.466 e. The molecule has 0 saturated heterocycles. The van der Waals surface area contributed by atoms with E-state index in [-0.39, 0.29) is 17.9 Å². The van der Waals surface area contributed by atoms with E-state index in [9.17, 15) is 9.59 Å². The van der Waals surface area contributed by atoms with Crippen molar-refractivity contribution < 1.29 is 19.1 Å². The van der Waals surface area contributed by atoms with Gasteiger partial charge in [-0.2, -0.15) is 0 Å². The normalized spacial score (nSPS) is 12.0. The van der Waals surface area contributed by atoms with Crippen LogP contribution in [0.25, 0.3) is 0 Å². The maximum atomic E-state index is 11.9. The first-order valence-corrected chi connectivity index (χ1v) is 12.5. The average molecular weight is 413 g/mol. The van der Waals surface area contributed by atoms with E-state index < -0.39 is 0 Å². The Bertz CT molecular complexity index is 381. The molecule has 0 aromatic carbocycles. The van der Waals surface area contributed by atoms with Gasteiger partial charge in [0.15, 0.2) is 0 Å². The van der Waals surface area contributed by atoms with Crippen molar-refractivity contribution in [3.8, 4) is 0 Å². The molecule has 0 rings (SSSR count). The van der Waals surface area contributed by atoms with Crippen LogP contribution in [0.4, 0.5) is 0 Å². The topological polar surface area (TPSA) is 52.6 Å². The third-order valence-electron chi connectivity index (χ3n) is 5.43. The lowest BCUT2D eigenvalue weighted by atomic mass is 9.97. The predicted octanol–water partition coefficient (Wildman–Crippen LogP) is 7.38. The quantitative estimate of drug-likeness (QED) is 0.146. The highest BCUT2D eigenvalue weighted by Gasteiger charge is 2.16. The van der Waals surface area contributed by atoms with Gasteiger partial charge in [-0.05, 0) is 32.1 Å². The zero-order valence-electron chi connectivity index (χ0n) is 19.6. The van der Waals surface area contributed by atoms with Gasteiger partial charge in [0.05, 0.1) is 19.1 Å². The molecule has 0 N–H and O–H groups in total. The molecular weight excluding hydrogens is 364 g/mol. The number of unbranched alkanes of at least 4 members (excludes halogenated alkanes) is 11. The van der Waals surface area contributed by atoms with Crippen molar-refractivity contribution in [3.63, 3.8) is 0 Å². The molecule has 1 atom stereocenters. The summed E-state index contributed by atoms with van der Waals surface area (Å²) in [5.74, 6) is 0.0720. The van der Waals surface area contributed by atoms with Gasteiger partial charge in [0, 0.05) is 6.42 Å². The van der Waals surface area contributed by atoms with Crippen molar-refractivity contribution in [2.24, 2.45) is 5.92 Å². The van der Waals surface area contributed by atoms with E-state index in [2.05, 4.69) is 6.92 Å². The van der Waals surface area contributed by atoms with Crippen molar-refractivity contribution in [2.75, 3.05) is 13.2 Å². The highest BCUT2D eigenvalue weighted by Crippen LogP contribution is 2.17. The van der Waals surface area contributed by atoms with E-state index >= 15 is 0 Å². The minimum absolute atomic E-state index is 0.00535. The van der Waals surface area contributed by atoms with Crippen LogP contribution in [0.2, 0.25) is 0 Å². The minimum atomic E-state index is -0.0338. The summed E-state index contributed by atoms with van der Waals surface area (Å²) in [5, 5.41) is 0. The average Bonchev–Trinajstić information content (AvgIpc) is 2.73. The van der Waals surface area contributed by atoms with Gasteiger partial charge in [-0.1, -0.05) is 91.4 Å². The van der Waals surface area contributed by atoms with Crippen LogP contribution in [0, 0.1) is 5.92 Å². The zero-order valence-corrected chi connectivity index (χ0v) is 19.6. The van der Waals surface area contributed by atoms with Gasteiger partial charge in [0.2, 0.25) is 0 Å². The van der Waals surface area contributed by atoms with E-state index in [1.807, 2.05) is 13.8 Å². The lowest BCUT2D eigenvalue weighted by molar-refractivity contribution is -0.149. The van der Waals surface area contributed by atoms with E-state index in [0.717, 1.165) is 44.9 Å². The Kier molecular flexibility index (Phi) is 20.9. The van der Waals surface area contributed by atoms with Gasteiger partial charge in [-0.25, -0.2) is 0 Å². The van der Waals surface area contributed by atoms with Crippen LogP contribution >= 0.6 is 0 Å². The standard InChI is InChI=1S/C25H48O4/c1-4-21-28-24(26)20-18-16-14-12-10-8-7-9-11-13-15-17-19-23(6-3)25(27)29-22-5-2/h23H,4-22H2,1-3H3. The first-order chi connectivity index (χ1) is 14.2. The van der Waals surface area contributed by atoms with Crippen molar-refractivity contribution >= 4 is 11.9 Å². The summed E-state index contributed by atoms with van der Waals surface area (Å²) in [6, 6.07) is 0. The van der Waals surface area contributed by atoms with Gasteiger partial charge in [-0.3, -0.25) is 9.59 Å². The van der Waals surface area contributed by atoms with Crippen molar-refractivity contribution in [2.45, 2.75) is 130 Å². The zero-order chi connectivity index (χ0) is 21.6. The Morgan fingerprint density at radius 2 is 1.07 bits per heavy atom. The van der Waals surface area contributed by atoms with Gasteiger partial charge in [0.1, 0.15) is 0 Å². The summed E-state index contributed by atoms with van der Waals surface area (Å²) >= 11 is 0. The number of hydrogen-bond acceptors (Lipinski definition) is 4. The number of esters is 2. The molecule has 0 radical (unpaired) electrons. The maximum absolute atomic E-state index is 11.9. The molecule has 0 heterocycles. The summed E-state index contributed by atoms with van der Waals surface area (Å²) in [6.07, 6.45) is 19.2. The first kappa shape index (κ1) is 27.9. The monoisotopic (exact) mass is 412 g/mol. The second kappa shape index (κ2) is 21.6. The second-order valence-corrected chi connectivity index (χ2v) is 8.27. The Morgan fingerprint density at radius 1 is 0.621 bits per heavy atom. The SMILES string of the molecule is CCCOC(=O)CCCCCCCCCCCCCCC(CC)C(=O)OCCC. The fourth-order valence-electron chi connectivity index (χ4n) is 3.53. The Morgan fingerprint density at radius 3 is 1.55 bits per heavy atom. The number of rotatable bonds is 21. The molecule has 0 amide bonds. The van der Waals surface area contributed by atoms with Gasteiger partial charge < -0.3 is 9.47 Å². The van der Waals surface area contributed by atoms with Gasteiger partial charge in [-0.15, -0.1) is 0 Å². The summed E-state index contributed by atoms with van der Waals surface area (Å²) in [7, 11) is 0. The van der Waals surface area contributed by atoms with Crippen LogP contribution in [0.15, 0.2) is 0 Å². The molecule has 1 unspecified atom stereocenters. The molecule has 0 fully saturated rings. The highest BCUT2D eigenvalue weighted by molar-refractivity contribution is 5.72. The molecule has 0 spiro atoms. The highest BCUT2D eigenvalue weighted by atomic mass is 16.5. The molecule has 0 aliphatic carbocycles. The van der Waals surface area contributed by atoms with Gasteiger partial charge >= 0.3 is 11.9 Å². The Labute approximate surface area is 180 Å². The summed E-state index contributed by atoms with van der Waals surface area (Å²) < 4.78 is 10.4. The molecule has 0 saturated carbocycles. The molecular formula is C25H48O4. The van der Waals surface area contributed by atoms with Crippen LogP contribution in [-0.2, 0) is 19.1 Å². The number of carbonyl (C=O) groups excluding carboxylic acids is 2. The third kappa shape index (κ3) is 18.7. The smallest absolute Gasteiger partial charge is 0.308 e. The van der Waals surface area contributed by atoms with Crippen LogP contribution in [0.3, 0.4) is 0 Å². The molecule has 29 heavy (non-hydrogen) atoms. The van der Waals surface area contributed by atoms with E-state index in [0.29, 0.717) is 19.6 Å². The summed E-state index contributed by atoms with van der Waals surface area (Å²) in [4.78, 5) is 23.3. The fraction of sp³-hybridized carbons (Fsp3) is 0.920. The number of hydrogen-bond donors (Lipinski definition) is 0. The lowest BCUT2D eigenvalue weighted by Crippen LogP contribution is -2.17. The molecule has 0 aliphatic heterocycles. The number of ether oxygens (including phenoxy) is 2. The predicted molar refractivity (Wildman–Crippen MR) is 121 cm³/mol. The van der Waals surface area contributed by atoms with E-state index in [4.69, 9.17) is 9.47 Å². The molecule has 4 nitrogen and oxygen atoms in total. The van der Waals surface area contributed by atoms with Crippen molar-refractivity contribution in [1.29, 1.82) is 0 Å². The summed E-state index contributed by atoms with van der Waals surface area (Å²) in [5.41, 5.74) is 0. The molecule has 0 aromatic heterocycles. The third-order valence-corrected chi connectivity index (χ3v) is 5.43. The van der Waals surface area contributed by atoms with Gasteiger partial charge in [0.25, 0.3) is 0 Å². The molecule has 172 valence electrons. The van der Waals surface area contributed by atoms with Crippen LogP contribution in [0.5, 0.6) is 0 Å². The Hall–Kier alpha value is -1.06. The fourth-order valence-corrected chi connectivity index (χ4v) is 3.53.